The lowest BCUT2D eigenvalue weighted by Gasteiger charge is -2.11. The number of nitrogens with zero attached hydrogens (tertiary/aromatic N) is 2. The SMILES string of the molecule is CNc1nc(CC2CCOC2)nc(C)c1C. The van der Waals surface area contributed by atoms with Crippen molar-refractivity contribution in [2.24, 2.45) is 5.92 Å². The lowest BCUT2D eigenvalue weighted by molar-refractivity contribution is 0.185. The van der Waals surface area contributed by atoms with E-state index in [2.05, 4.69) is 15.3 Å². The number of aromatic nitrogens is 2. The fraction of sp³-hybridized carbons (Fsp3) is 0.667. The Balaban J connectivity index is 2.17. The molecule has 88 valence electrons. The second kappa shape index (κ2) is 4.78. The third-order valence-corrected chi connectivity index (χ3v) is 3.17. The van der Waals surface area contributed by atoms with Gasteiger partial charge in [-0.25, -0.2) is 9.97 Å². The van der Waals surface area contributed by atoms with Crippen molar-refractivity contribution in [3.8, 4) is 0 Å². The van der Waals surface area contributed by atoms with Crippen molar-refractivity contribution in [1.82, 2.24) is 9.97 Å². The fourth-order valence-corrected chi connectivity index (χ4v) is 2.02. The van der Waals surface area contributed by atoms with Crippen molar-refractivity contribution in [2.45, 2.75) is 26.7 Å². The lowest BCUT2D eigenvalue weighted by Crippen LogP contribution is -2.10. The Labute approximate surface area is 96.4 Å². The van der Waals surface area contributed by atoms with Gasteiger partial charge in [0.25, 0.3) is 0 Å². The monoisotopic (exact) mass is 221 g/mol. The molecule has 0 amide bonds. The molecule has 1 N–H and O–H groups in total. The first kappa shape index (κ1) is 11.3. The lowest BCUT2D eigenvalue weighted by atomic mass is 10.0. The minimum atomic E-state index is 0.590. The van der Waals surface area contributed by atoms with Crippen LogP contribution in [0.4, 0.5) is 5.82 Å². The Morgan fingerprint density at radius 2 is 2.19 bits per heavy atom. The van der Waals surface area contributed by atoms with Gasteiger partial charge in [0.2, 0.25) is 0 Å². The van der Waals surface area contributed by atoms with Crippen molar-refractivity contribution in [1.29, 1.82) is 0 Å². The number of nitrogens with one attached hydrogen (secondary N) is 1. The molecule has 4 heteroatoms. The normalized spacial score (nSPS) is 20.1. The molecule has 1 aromatic rings. The smallest absolute Gasteiger partial charge is 0.132 e. The largest absolute Gasteiger partial charge is 0.381 e. The van der Waals surface area contributed by atoms with Crippen LogP contribution in [0.1, 0.15) is 23.5 Å². The minimum absolute atomic E-state index is 0.590. The summed E-state index contributed by atoms with van der Waals surface area (Å²) in [5.41, 5.74) is 2.20. The van der Waals surface area contributed by atoms with Crippen LogP contribution in [0.2, 0.25) is 0 Å². The number of ether oxygens (including phenoxy) is 1. The zero-order valence-corrected chi connectivity index (χ0v) is 10.2. The van der Waals surface area contributed by atoms with Crippen LogP contribution in [0.5, 0.6) is 0 Å². The zero-order valence-electron chi connectivity index (χ0n) is 10.2. The molecule has 0 radical (unpaired) electrons. The molecule has 16 heavy (non-hydrogen) atoms. The van der Waals surface area contributed by atoms with Crippen molar-refractivity contribution in [3.05, 3.63) is 17.1 Å². The molecule has 0 saturated carbocycles. The van der Waals surface area contributed by atoms with Gasteiger partial charge in [0.15, 0.2) is 0 Å². The van der Waals surface area contributed by atoms with E-state index in [1.165, 1.54) is 0 Å². The summed E-state index contributed by atoms with van der Waals surface area (Å²) < 4.78 is 5.37. The molecule has 0 aliphatic carbocycles. The molecule has 0 spiro atoms. The summed E-state index contributed by atoms with van der Waals surface area (Å²) in [7, 11) is 1.90. The van der Waals surface area contributed by atoms with Crippen LogP contribution in [-0.2, 0) is 11.2 Å². The molecule has 2 rings (SSSR count). The number of anilines is 1. The van der Waals surface area contributed by atoms with E-state index >= 15 is 0 Å². The van der Waals surface area contributed by atoms with Crippen LogP contribution in [0.15, 0.2) is 0 Å². The first-order valence-corrected chi connectivity index (χ1v) is 5.80. The van der Waals surface area contributed by atoms with Crippen LogP contribution in [-0.4, -0.2) is 30.2 Å². The average Bonchev–Trinajstić information content (AvgIpc) is 2.76. The van der Waals surface area contributed by atoms with Crippen molar-refractivity contribution >= 4 is 5.82 Å². The Morgan fingerprint density at radius 1 is 1.38 bits per heavy atom. The number of rotatable bonds is 3. The molecule has 2 heterocycles. The predicted molar refractivity (Wildman–Crippen MR) is 63.7 cm³/mol. The van der Waals surface area contributed by atoms with E-state index in [4.69, 9.17) is 4.74 Å². The van der Waals surface area contributed by atoms with E-state index < -0.39 is 0 Å². The summed E-state index contributed by atoms with van der Waals surface area (Å²) in [6, 6.07) is 0. The standard InChI is InChI=1S/C12H19N3O/c1-8-9(2)14-11(15-12(8)13-3)6-10-4-5-16-7-10/h10H,4-7H2,1-3H3,(H,13,14,15). The van der Waals surface area contributed by atoms with Gasteiger partial charge in [0.05, 0.1) is 0 Å². The summed E-state index contributed by atoms with van der Waals surface area (Å²) in [6.07, 6.45) is 2.06. The van der Waals surface area contributed by atoms with Crippen molar-refractivity contribution < 1.29 is 4.74 Å². The summed E-state index contributed by atoms with van der Waals surface area (Å²) in [5.74, 6) is 2.47. The molecule has 0 bridgehead atoms. The Hall–Kier alpha value is -1.16. The average molecular weight is 221 g/mol. The summed E-state index contributed by atoms with van der Waals surface area (Å²) >= 11 is 0. The molecule has 1 aliphatic heterocycles. The third kappa shape index (κ3) is 2.32. The molecular weight excluding hydrogens is 202 g/mol. The van der Waals surface area contributed by atoms with Gasteiger partial charge in [-0.1, -0.05) is 0 Å². The van der Waals surface area contributed by atoms with Crippen LogP contribution >= 0.6 is 0 Å². The van der Waals surface area contributed by atoms with E-state index in [9.17, 15) is 0 Å². The molecule has 1 unspecified atom stereocenters. The third-order valence-electron chi connectivity index (χ3n) is 3.17. The van der Waals surface area contributed by atoms with Gasteiger partial charge >= 0.3 is 0 Å². The van der Waals surface area contributed by atoms with Gasteiger partial charge in [-0.2, -0.15) is 0 Å². The van der Waals surface area contributed by atoms with E-state index in [-0.39, 0.29) is 0 Å². The maximum atomic E-state index is 5.37. The van der Waals surface area contributed by atoms with Crippen LogP contribution in [0.25, 0.3) is 0 Å². The molecular formula is C12H19N3O. The first-order valence-electron chi connectivity index (χ1n) is 5.80. The highest BCUT2D eigenvalue weighted by Crippen LogP contribution is 2.19. The van der Waals surface area contributed by atoms with Crippen molar-refractivity contribution in [3.63, 3.8) is 0 Å². The van der Waals surface area contributed by atoms with E-state index in [1.54, 1.807) is 0 Å². The van der Waals surface area contributed by atoms with Crippen molar-refractivity contribution in [2.75, 3.05) is 25.6 Å². The summed E-state index contributed by atoms with van der Waals surface area (Å²) in [4.78, 5) is 9.08. The maximum Gasteiger partial charge on any atom is 0.132 e. The topological polar surface area (TPSA) is 47.0 Å². The van der Waals surface area contributed by atoms with Gasteiger partial charge in [-0.05, 0) is 26.2 Å². The molecule has 0 aromatic carbocycles. The van der Waals surface area contributed by atoms with E-state index in [0.717, 1.165) is 49.0 Å². The predicted octanol–water partition coefficient (Wildman–Crippen LogP) is 1.71. The quantitative estimate of drug-likeness (QED) is 0.844. The van der Waals surface area contributed by atoms with Crippen LogP contribution in [0, 0.1) is 19.8 Å². The first-order chi connectivity index (χ1) is 7.70. The molecule has 1 atom stereocenters. The van der Waals surface area contributed by atoms with E-state index in [0.29, 0.717) is 5.92 Å². The van der Waals surface area contributed by atoms with Gasteiger partial charge in [0.1, 0.15) is 11.6 Å². The highest BCUT2D eigenvalue weighted by atomic mass is 16.5. The summed E-state index contributed by atoms with van der Waals surface area (Å²) in [6.45, 7) is 5.82. The Morgan fingerprint density at radius 3 is 2.81 bits per heavy atom. The van der Waals surface area contributed by atoms with Gasteiger partial charge in [-0.3, -0.25) is 0 Å². The van der Waals surface area contributed by atoms with Crippen LogP contribution in [0.3, 0.4) is 0 Å². The highest BCUT2D eigenvalue weighted by Gasteiger charge is 2.18. The van der Waals surface area contributed by atoms with Gasteiger partial charge in [-0.15, -0.1) is 0 Å². The highest BCUT2D eigenvalue weighted by molar-refractivity contribution is 5.44. The number of aryl methyl sites for hydroxylation is 1. The van der Waals surface area contributed by atoms with Crippen LogP contribution < -0.4 is 5.32 Å². The second-order valence-electron chi connectivity index (χ2n) is 4.38. The Bertz CT molecular complexity index is 373. The Kier molecular flexibility index (Phi) is 3.39. The molecule has 4 nitrogen and oxygen atoms in total. The maximum absolute atomic E-state index is 5.37. The fourth-order valence-electron chi connectivity index (χ4n) is 2.02. The molecule has 1 fully saturated rings. The minimum Gasteiger partial charge on any atom is -0.381 e. The number of hydrogen-bond acceptors (Lipinski definition) is 4. The summed E-state index contributed by atoms with van der Waals surface area (Å²) in [5, 5.41) is 3.12. The molecule has 1 aromatic heterocycles. The number of hydrogen-bond donors (Lipinski definition) is 1. The molecule has 1 aliphatic rings. The van der Waals surface area contributed by atoms with Gasteiger partial charge < -0.3 is 10.1 Å². The van der Waals surface area contributed by atoms with E-state index in [1.807, 2.05) is 20.9 Å². The second-order valence-corrected chi connectivity index (χ2v) is 4.38. The zero-order chi connectivity index (χ0) is 11.5. The van der Waals surface area contributed by atoms with Gasteiger partial charge in [0, 0.05) is 37.9 Å². The molecule has 1 saturated heterocycles.